The molecule has 1 aliphatic heterocycles. The lowest BCUT2D eigenvalue weighted by Crippen LogP contribution is -2.44. The van der Waals surface area contributed by atoms with Gasteiger partial charge in [-0.05, 0) is 34.9 Å². The summed E-state index contributed by atoms with van der Waals surface area (Å²) in [5, 5.41) is 13.6. The highest BCUT2D eigenvalue weighted by molar-refractivity contribution is 5.75. The largest absolute Gasteiger partial charge is 0.353 e. The second-order valence-electron chi connectivity index (χ2n) is 5.65. The lowest BCUT2D eigenvalue weighted by Gasteiger charge is -2.33. The first-order valence-electron chi connectivity index (χ1n) is 7.50. The summed E-state index contributed by atoms with van der Waals surface area (Å²) in [6.45, 7) is 4.90. The molecule has 1 aliphatic rings. The summed E-state index contributed by atoms with van der Waals surface area (Å²) in [4.78, 5) is 14.3. The molecule has 3 rings (SSSR count). The van der Waals surface area contributed by atoms with E-state index in [1.807, 2.05) is 0 Å². The molecule has 1 atom stereocenters. The first-order chi connectivity index (χ1) is 10.7. The Morgan fingerprint density at radius 2 is 2.18 bits per heavy atom. The summed E-state index contributed by atoms with van der Waals surface area (Å²) in [6.07, 6.45) is 2.50. The van der Waals surface area contributed by atoms with Gasteiger partial charge in [0, 0.05) is 25.7 Å². The minimum Gasteiger partial charge on any atom is -0.353 e. The molecule has 0 aliphatic carbocycles. The van der Waals surface area contributed by atoms with E-state index in [0.29, 0.717) is 12.6 Å². The zero-order chi connectivity index (χ0) is 15.4. The Labute approximate surface area is 129 Å². The molecule has 0 bridgehead atoms. The van der Waals surface area contributed by atoms with Gasteiger partial charge in [-0.3, -0.25) is 9.69 Å². The third-order valence-electron chi connectivity index (χ3n) is 4.08. The number of rotatable bonds is 5. The van der Waals surface area contributed by atoms with Crippen LogP contribution in [0.25, 0.3) is 0 Å². The Morgan fingerprint density at radius 3 is 2.95 bits per heavy atom. The molecule has 1 amide bonds. The molecular formula is C15H20N6O. The number of carbonyl (C=O) groups is 1. The van der Waals surface area contributed by atoms with Crippen molar-refractivity contribution in [1.29, 1.82) is 0 Å². The van der Waals surface area contributed by atoms with Gasteiger partial charge in [-0.15, -0.1) is 5.10 Å². The normalized spacial score (nSPS) is 16.0. The van der Waals surface area contributed by atoms with Gasteiger partial charge in [-0.1, -0.05) is 24.3 Å². The van der Waals surface area contributed by atoms with Gasteiger partial charge >= 0.3 is 0 Å². The monoisotopic (exact) mass is 300 g/mol. The number of nitrogens with one attached hydrogen (secondary N) is 1. The van der Waals surface area contributed by atoms with Crippen molar-refractivity contribution in [1.82, 2.24) is 30.4 Å². The molecule has 7 heteroatoms. The number of fused-ring (bicyclic) bond motifs is 1. The van der Waals surface area contributed by atoms with Crippen molar-refractivity contribution in [3.63, 3.8) is 0 Å². The number of aromatic nitrogens is 4. The van der Waals surface area contributed by atoms with Crippen molar-refractivity contribution in [3.8, 4) is 0 Å². The van der Waals surface area contributed by atoms with Crippen LogP contribution >= 0.6 is 0 Å². The maximum absolute atomic E-state index is 11.9. The second kappa shape index (κ2) is 6.65. The summed E-state index contributed by atoms with van der Waals surface area (Å²) in [5.41, 5.74) is 2.83. The Hall–Kier alpha value is -2.28. The summed E-state index contributed by atoms with van der Waals surface area (Å²) in [5.74, 6) is -0.0726. The maximum atomic E-state index is 11.9. The number of benzene rings is 1. The highest BCUT2D eigenvalue weighted by atomic mass is 16.2. The molecule has 1 aromatic carbocycles. The van der Waals surface area contributed by atoms with Crippen molar-refractivity contribution >= 4 is 5.91 Å². The number of tetrazole rings is 1. The summed E-state index contributed by atoms with van der Waals surface area (Å²) < 4.78 is 1.41. The van der Waals surface area contributed by atoms with E-state index < -0.39 is 0 Å². The van der Waals surface area contributed by atoms with Crippen molar-refractivity contribution in [2.75, 3.05) is 13.1 Å². The van der Waals surface area contributed by atoms with Crippen LogP contribution in [0, 0.1) is 0 Å². The summed E-state index contributed by atoms with van der Waals surface area (Å²) in [7, 11) is 0. The second-order valence-corrected chi connectivity index (χ2v) is 5.65. The average Bonchev–Trinajstić information content (AvgIpc) is 3.05. The van der Waals surface area contributed by atoms with Crippen molar-refractivity contribution in [3.05, 3.63) is 41.7 Å². The van der Waals surface area contributed by atoms with Gasteiger partial charge in [-0.25, -0.2) is 4.68 Å². The fourth-order valence-electron chi connectivity index (χ4n) is 2.74. The van der Waals surface area contributed by atoms with E-state index in [9.17, 15) is 4.79 Å². The predicted octanol–water partition coefficient (Wildman–Crippen LogP) is 0.236. The lowest BCUT2D eigenvalue weighted by molar-refractivity contribution is -0.122. The molecule has 7 nitrogen and oxygen atoms in total. The quantitative estimate of drug-likeness (QED) is 0.856. The Balaban J connectivity index is 1.48. The van der Waals surface area contributed by atoms with Crippen LogP contribution in [0.4, 0.5) is 0 Å². The molecule has 2 aromatic rings. The van der Waals surface area contributed by atoms with Crippen molar-refractivity contribution in [2.45, 2.75) is 32.5 Å². The van der Waals surface area contributed by atoms with Gasteiger partial charge in [0.25, 0.3) is 0 Å². The molecule has 1 aromatic heterocycles. The first-order valence-corrected chi connectivity index (χ1v) is 7.50. The molecule has 0 spiro atoms. The zero-order valence-electron chi connectivity index (χ0n) is 12.6. The highest BCUT2D eigenvalue weighted by Gasteiger charge is 2.20. The number of hydrogen-bond donors (Lipinski definition) is 1. The zero-order valence-corrected chi connectivity index (χ0v) is 12.6. The molecule has 1 unspecified atom stereocenters. The third kappa shape index (κ3) is 3.48. The molecule has 2 heterocycles. The van der Waals surface area contributed by atoms with Crippen LogP contribution in [-0.4, -0.2) is 50.1 Å². The molecular weight excluding hydrogens is 280 g/mol. The molecule has 0 saturated carbocycles. The van der Waals surface area contributed by atoms with E-state index in [1.165, 1.54) is 22.1 Å². The summed E-state index contributed by atoms with van der Waals surface area (Å²) in [6, 6.07) is 8.86. The number of carbonyl (C=O) groups excluding carboxylic acids is 1. The highest BCUT2D eigenvalue weighted by Crippen LogP contribution is 2.19. The van der Waals surface area contributed by atoms with E-state index >= 15 is 0 Å². The SMILES string of the molecule is CC(CNC(=O)Cn1cnnn1)N1CCc2ccccc2C1. The Bertz CT molecular complexity index is 627. The lowest BCUT2D eigenvalue weighted by atomic mass is 9.99. The van der Waals surface area contributed by atoms with Gasteiger partial charge in [0.05, 0.1) is 0 Å². The van der Waals surface area contributed by atoms with Crippen LogP contribution in [0.2, 0.25) is 0 Å². The van der Waals surface area contributed by atoms with Crippen LogP contribution in [0.3, 0.4) is 0 Å². The van der Waals surface area contributed by atoms with Crippen LogP contribution in [0.1, 0.15) is 18.1 Å². The Kier molecular flexibility index (Phi) is 4.43. The minimum absolute atomic E-state index is 0.0726. The van der Waals surface area contributed by atoms with E-state index in [2.05, 4.69) is 56.9 Å². The van der Waals surface area contributed by atoms with E-state index in [-0.39, 0.29) is 12.5 Å². The minimum atomic E-state index is -0.0726. The first kappa shape index (κ1) is 14.6. The van der Waals surface area contributed by atoms with Crippen molar-refractivity contribution in [2.24, 2.45) is 0 Å². The van der Waals surface area contributed by atoms with Gasteiger partial charge in [0.2, 0.25) is 5.91 Å². The maximum Gasteiger partial charge on any atom is 0.241 e. The summed E-state index contributed by atoms with van der Waals surface area (Å²) >= 11 is 0. The van der Waals surface area contributed by atoms with Gasteiger partial charge in [-0.2, -0.15) is 0 Å². The molecule has 116 valence electrons. The van der Waals surface area contributed by atoms with Crippen LogP contribution in [0.15, 0.2) is 30.6 Å². The smallest absolute Gasteiger partial charge is 0.241 e. The molecule has 1 N–H and O–H groups in total. The van der Waals surface area contributed by atoms with E-state index in [4.69, 9.17) is 0 Å². The fourth-order valence-corrected chi connectivity index (χ4v) is 2.74. The molecule has 0 radical (unpaired) electrons. The molecule has 22 heavy (non-hydrogen) atoms. The van der Waals surface area contributed by atoms with E-state index in [0.717, 1.165) is 19.5 Å². The number of hydrogen-bond acceptors (Lipinski definition) is 5. The Morgan fingerprint density at radius 1 is 1.36 bits per heavy atom. The fraction of sp³-hybridized carbons (Fsp3) is 0.467. The van der Waals surface area contributed by atoms with Gasteiger partial charge < -0.3 is 5.32 Å². The predicted molar refractivity (Wildman–Crippen MR) is 80.8 cm³/mol. The van der Waals surface area contributed by atoms with Gasteiger partial charge in [0.1, 0.15) is 12.9 Å². The van der Waals surface area contributed by atoms with E-state index in [1.54, 1.807) is 0 Å². The average molecular weight is 300 g/mol. The number of amides is 1. The van der Waals surface area contributed by atoms with Gasteiger partial charge in [0.15, 0.2) is 0 Å². The molecule has 0 fully saturated rings. The van der Waals surface area contributed by atoms with Crippen LogP contribution < -0.4 is 5.32 Å². The third-order valence-corrected chi connectivity index (χ3v) is 4.08. The van der Waals surface area contributed by atoms with Crippen molar-refractivity contribution < 1.29 is 4.79 Å². The molecule has 0 saturated heterocycles. The standard InChI is InChI=1S/C15H20N6O/c1-12(8-16-15(22)10-21-11-17-18-19-21)20-7-6-13-4-2-3-5-14(13)9-20/h2-5,11-12H,6-10H2,1H3,(H,16,22). The number of nitrogens with zero attached hydrogens (tertiary/aromatic N) is 5. The van der Waals surface area contributed by atoms with Crippen LogP contribution in [-0.2, 0) is 24.3 Å². The van der Waals surface area contributed by atoms with Crippen LogP contribution in [0.5, 0.6) is 0 Å². The topological polar surface area (TPSA) is 75.9 Å².